The number of aryl methyl sites for hydroxylation is 1. The molecule has 0 radical (unpaired) electrons. The molecule has 1 aromatic carbocycles. The van der Waals surface area contributed by atoms with E-state index in [1.54, 1.807) is 6.92 Å². The van der Waals surface area contributed by atoms with E-state index in [4.69, 9.17) is 21.1 Å². The number of hydrogen-bond acceptors (Lipinski definition) is 3. The van der Waals surface area contributed by atoms with E-state index in [1.807, 2.05) is 25.1 Å². The molecule has 0 bridgehead atoms. The predicted molar refractivity (Wildman–Crippen MR) is 73.8 cm³/mol. The molecule has 5 heteroatoms. The molecule has 1 aliphatic heterocycles. The molecule has 1 heterocycles. The van der Waals surface area contributed by atoms with Crippen LogP contribution in [-0.4, -0.2) is 24.1 Å². The standard InChI is InChI=1S/C14H18ClNO3/c1-9(16-14(17)10(2)15)3-4-11-5-6-12-13(7-11)19-8-18-12/h5-7,9-10H,3-4,8H2,1-2H3,(H,16,17). The summed E-state index contributed by atoms with van der Waals surface area (Å²) in [6.07, 6.45) is 1.73. The first-order valence-electron chi connectivity index (χ1n) is 6.39. The molecule has 0 spiro atoms. The smallest absolute Gasteiger partial charge is 0.237 e. The minimum atomic E-state index is -0.493. The molecule has 2 rings (SSSR count). The van der Waals surface area contributed by atoms with Crippen molar-refractivity contribution in [1.82, 2.24) is 5.32 Å². The van der Waals surface area contributed by atoms with E-state index in [-0.39, 0.29) is 11.9 Å². The van der Waals surface area contributed by atoms with Gasteiger partial charge in [-0.15, -0.1) is 11.6 Å². The number of amides is 1. The molecule has 2 unspecified atom stereocenters. The lowest BCUT2D eigenvalue weighted by atomic mass is 10.1. The second-order valence-electron chi connectivity index (χ2n) is 4.75. The zero-order valence-corrected chi connectivity index (χ0v) is 11.9. The molecular formula is C14H18ClNO3. The quantitative estimate of drug-likeness (QED) is 0.845. The van der Waals surface area contributed by atoms with E-state index >= 15 is 0 Å². The van der Waals surface area contributed by atoms with Crippen molar-refractivity contribution in [3.05, 3.63) is 23.8 Å². The molecule has 4 nitrogen and oxygen atoms in total. The van der Waals surface area contributed by atoms with Crippen molar-refractivity contribution in [2.75, 3.05) is 6.79 Å². The summed E-state index contributed by atoms with van der Waals surface area (Å²) in [4.78, 5) is 11.4. The Bertz CT molecular complexity index is 462. The highest BCUT2D eigenvalue weighted by Gasteiger charge is 2.15. The molecule has 1 aromatic rings. The van der Waals surface area contributed by atoms with Gasteiger partial charge in [-0.3, -0.25) is 4.79 Å². The highest BCUT2D eigenvalue weighted by Crippen LogP contribution is 2.32. The average molecular weight is 284 g/mol. The van der Waals surface area contributed by atoms with Gasteiger partial charge in [-0.05, 0) is 44.4 Å². The lowest BCUT2D eigenvalue weighted by Crippen LogP contribution is -2.37. The monoisotopic (exact) mass is 283 g/mol. The molecule has 0 fully saturated rings. The van der Waals surface area contributed by atoms with E-state index < -0.39 is 5.38 Å². The van der Waals surface area contributed by atoms with Crippen LogP contribution >= 0.6 is 11.6 Å². The first-order valence-corrected chi connectivity index (χ1v) is 6.83. The van der Waals surface area contributed by atoms with E-state index in [9.17, 15) is 4.79 Å². The van der Waals surface area contributed by atoms with Crippen LogP contribution < -0.4 is 14.8 Å². The van der Waals surface area contributed by atoms with Crippen LogP contribution in [-0.2, 0) is 11.2 Å². The van der Waals surface area contributed by atoms with Crippen molar-refractivity contribution in [3.63, 3.8) is 0 Å². The van der Waals surface area contributed by atoms with Gasteiger partial charge in [-0.25, -0.2) is 0 Å². The maximum Gasteiger partial charge on any atom is 0.237 e. The Morgan fingerprint density at radius 2 is 2.11 bits per heavy atom. The Morgan fingerprint density at radius 1 is 1.37 bits per heavy atom. The summed E-state index contributed by atoms with van der Waals surface area (Å²) in [5, 5.41) is 2.38. The SMILES string of the molecule is CC(CCc1ccc2c(c1)OCO2)NC(=O)C(C)Cl. The number of nitrogens with one attached hydrogen (secondary N) is 1. The van der Waals surface area contributed by atoms with Crippen molar-refractivity contribution in [3.8, 4) is 11.5 Å². The second kappa shape index (κ2) is 6.15. The van der Waals surface area contributed by atoms with Crippen LogP contribution in [0.2, 0.25) is 0 Å². The van der Waals surface area contributed by atoms with E-state index in [1.165, 1.54) is 5.56 Å². The van der Waals surface area contributed by atoms with Crippen LogP contribution in [0.3, 0.4) is 0 Å². The minimum absolute atomic E-state index is 0.0964. The molecule has 0 saturated heterocycles. The van der Waals surface area contributed by atoms with Crippen LogP contribution in [0.15, 0.2) is 18.2 Å². The van der Waals surface area contributed by atoms with Crippen LogP contribution in [0.25, 0.3) is 0 Å². The van der Waals surface area contributed by atoms with Crippen LogP contribution in [0.5, 0.6) is 11.5 Å². The fraction of sp³-hybridized carbons (Fsp3) is 0.500. The Labute approximate surface area is 118 Å². The summed E-state index contributed by atoms with van der Waals surface area (Å²) in [6.45, 7) is 3.93. The van der Waals surface area contributed by atoms with Gasteiger partial charge in [0.2, 0.25) is 12.7 Å². The lowest BCUT2D eigenvalue weighted by Gasteiger charge is -2.14. The van der Waals surface area contributed by atoms with Crippen LogP contribution in [0.1, 0.15) is 25.8 Å². The van der Waals surface area contributed by atoms with Crippen molar-refractivity contribution in [2.24, 2.45) is 0 Å². The predicted octanol–water partition coefficient (Wildman–Crippen LogP) is 2.48. The molecule has 1 amide bonds. The number of halogens is 1. The fourth-order valence-corrected chi connectivity index (χ4v) is 1.97. The fourth-order valence-electron chi connectivity index (χ4n) is 1.91. The van der Waals surface area contributed by atoms with Gasteiger partial charge in [0.1, 0.15) is 5.38 Å². The molecule has 104 valence electrons. The van der Waals surface area contributed by atoms with Gasteiger partial charge in [0.05, 0.1) is 0 Å². The summed E-state index contributed by atoms with van der Waals surface area (Å²) >= 11 is 5.71. The van der Waals surface area contributed by atoms with Crippen molar-refractivity contribution >= 4 is 17.5 Å². The second-order valence-corrected chi connectivity index (χ2v) is 5.41. The Balaban J connectivity index is 1.83. The molecule has 0 aliphatic carbocycles. The highest BCUT2D eigenvalue weighted by molar-refractivity contribution is 6.30. The largest absolute Gasteiger partial charge is 0.454 e. The zero-order chi connectivity index (χ0) is 13.8. The van der Waals surface area contributed by atoms with Crippen LogP contribution in [0.4, 0.5) is 0 Å². The molecule has 0 aromatic heterocycles. The molecule has 1 N–H and O–H groups in total. The van der Waals surface area contributed by atoms with Crippen molar-refractivity contribution in [1.29, 1.82) is 0 Å². The van der Waals surface area contributed by atoms with E-state index in [2.05, 4.69) is 5.32 Å². The maximum absolute atomic E-state index is 11.4. The summed E-state index contributed by atoms with van der Waals surface area (Å²) in [5.74, 6) is 1.46. The summed E-state index contributed by atoms with van der Waals surface area (Å²) in [5.41, 5.74) is 1.17. The maximum atomic E-state index is 11.4. The molecular weight excluding hydrogens is 266 g/mol. The van der Waals surface area contributed by atoms with Gasteiger partial charge in [-0.2, -0.15) is 0 Å². The summed E-state index contributed by atoms with van der Waals surface area (Å²) in [7, 11) is 0. The van der Waals surface area contributed by atoms with Gasteiger partial charge in [-0.1, -0.05) is 6.07 Å². The number of carbonyl (C=O) groups is 1. The first kappa shape index (κ1) is 14.0. The number of alkyl halides is 1. The van der Waals surface area contributed by atoms with Gasteiger partial charge < -0.3 is 14.8 Å². The number of carbonyl (C=O) groups excluding carboxylic acids is 1. The number of rotatable bonds is 5. The summed E-state index contributed by atoms with van der Waals surface area (Å²) < 4.78 is 10.6. The van der Waals surface area contributed by atoms with Crippen molar-refractivity contribution < 1.29 is 14.3 Å². The van der Waals surface area contributed by atoms with Crippen molar-refractivity contribution in [2.45, 2.75) is 38.1 Å². The third kappa shape index (κ3) is 3.77. The third-order valence-electron chi connectivity index (χ3n) is 3.05. The normalized spacial score (nSPS) is 15.9. The number of hydrogen-bond donors (Lipinski definition) is 1. The van der Waals surface area contributed by atoms with Gasteiger partial charge in [0, 0.05) is 6.04 Å². The third-order valence-corrected chi connectivity index (χ3v) is 3.25. The minimum Gasteiger partial charge on any atom is -0.454 e. The number of ether oxygens (including phenoxy) is 2. The molecule has 2 atom stereocenters. The zero-order valence-electron chi connectivity index (χ0n) is 11.1. The molecule has 19 heavy (non-hydrogen) atoms. The highest BCUT2D eigenvalue weighted by atomic mass is 35.5. The van der Waals surface area contributed by atoms with Crippen LogP contribution in [0, 0.1) is 0 Å². The molecule has 0 saturated carbocycles. The Kier molecular flexibility index (Phi) is 4.53. The number of benzene rings is 1. The van der Waals surface area contributed by atoms with Gasteiger partial charge >= 0.3 is 0 Å². The van der Waals surface area contributed by atoms with E-state index in [0.717, 1.165) is 24.3 Å². The van der Waals surface area contributed by atoms with E-state index in [0.29, 0.717) is 6.79 Å². The lowest BCUT2D eigenvalue weighted by molar-refractivity contribution is -0.121. The van der Waals surface area contributed by atoms with Gasteiger partial charge in [0.25, 0.3) is 0 Å². The topological polar surface area (TPSA) is 47.6 Å². The average Bonchev–Trinajstić information content (AvgIpc) is 2.83. The summed E-state index contributed by atoms with van der Waals surface area (Å²) in [6, 6.07) is 6.02. The Morgan fingerprint density at radius 3 is 2.84 bits per heavy atom. The van der Waals surface area contributed by atoms with Gasteiger partial charge in [0.15, 0.2) is 11.5 Å². The molecule has 1 aliphatic rings. The number of fused-ring (bicyclic) bond motifs is 1. The first-order chi connectivity index (χ1) is 9.06. The Hall–Kier alpha value is -1.42.